The number of nitrogens with zero attached hydrogens (tertiary/aromatic N) is 2. The van der Waals surface area contributed by atoms with Crippen LogP contribution >= 0.6 is 0 Å². The van der Waals surface area contributed by atoms with E-state index in [-0.39, 0.29) is 5.91 Å². The third-order valence-corrected chi connectivity index (χ3v) is 6.11. The first-order chi connectivity index (χ1) is 11.7. The molecule has 1 aromatic heterocycles. The maximum absolute atomic E-state index is 12.3. The Morgan fingerprint density at radius 2 is 1.83 bits per heavy atom. The van der Waals surface area contributed by atoms with E-state index in [4.69, 9.17) is 4.52 Å². The first-order valence-corrected chi connectivity index (χ1v) is 9.70. The predicted molar refractivity (Wildman–Crippen MR) is 92.0 cm³/mol. The van der Waals surface area contributed by atoms with Gasteiger partial charge in [0.15, 0.2) is 5.69 Å². The van der Waals surface area contributed by atoms with Crippen LogP contribution in [0.1, 0.15) is 80.5 Å². The fourth-order valence-corrected chi connectivity index (χ4v) is 4.19. The van der Waals surface area contributed by atoms with Crippen LogP contribution in [0.5, 0.6) is 0 Å². The second kappa shape index (κ2) is 6.87. The van der Waals surface area contributed by atoms with Gasteiger partial charge in [-0.3, -0.25) is 4.79 Å². The zero-order valence-electron chi connectivity index (χ0n) is 14.7. The van der Waals surface area contributed by atoms with E-state index in [1.54, 1.807) is 0 Å². The highest BCUT2D eigenvalue weighted by Crippen LogP contribution is 2.40. The average molecular weight is 331 g/mol. The standard InChI is InChI=1S/C19H29N3O2/c1-13-8-10-22(11-9-13)16-6-4-15(5-7-16)20-19(23)17-12-18(24-21-17)14-2-3-14/h12-16H,2-11H2,1H3,(H,20,23). The molecule has 1 saturated heterocycles. The van der Waals surface area contributed by atoms with Gasteiger partial charge in [-0.1, -0.05) is 12.1 Å². The molecule has 3 aliphatic rings. The normalized spacial score (nSPS) is 29.5. The van der Waals surface area contributed by atoms with Gasteiger partial charge >= 0.3 is 0 Å². The van der Waals surface area contributed by atoms with E-state index in [1.807, 2.05) is 6.07 Å². The van der Waals surface area contributed by atoms with Crippen LogP contribution in [0, 0.1) is 5.92 Å². The van der Waals surface area contributed by atoms with Crippen LogP contribution in [0.25, 0.3) is 0 Å². The van der Waals surface area contributed by atoms with Gasteiger partial charge in [-0.25, -0.2) is 0 Å². The number of rotatable bonds is 4. The summed E-state index contributed by atoms with van der Waals surface area (Å²) in [6.45, 7) is 4.87. The Bertz CT molecular complexity index is 565. The molecule has 0 unspecified atom stereocenters. The lowest BCUT2D eigenvalue weighted by molar-refractivity contribution is 0.0853. The van der Waals surface area contributed by atoms with E-state index in [9.17, 15) is 4.79 Å². The maximum atomic E-state index is 12.3. The Morgan fingerprint density at radius 1 is 1.12 bits per heavy atom. The summed E-state index contributed by atoms with van der Waals surface area (Å²) >= 11 is 0. The van der Waals surface area contributed by atoms with E-state index >= 15 is 0 Å². The number of aromatic nitrogens is 1. The fraction of sp³-hybridized carbons (Fsp3) is 0.789. The summed E-state index contributed by atoms with van der Waals surface area (Å²) < 4.78 is 5.29. The largest absolute Gasteiger partial charge is 0.360 e. The van der Waals surface area contributed by atoms with E-state index in [2.05, 4.69) is 22.3 Å². The Balaban J connectivity index is 1.24. The van der Waals surface area contributed by atoms with Crippen molar-refractivity contribution < 1.29 is 9.32 Å². The van der Waals surface area contributed by atoms with Gasteiger partial charge in [0.1, 0.15) is 5.76 Å². The quantitative estimate of drug-likeness (QED) is 0.919. The summed E-state index contributed by atoms with van der Waals surface area (Å²) in [5.41, 5.74) is 0.448. The van der Waals surface area contributed by atoms with Crippen molar-refractivity contribution in [2.45, 2.75) is 76.3 Å². The molecular formula is C19H29N3O2. The van der Waals surface area contributed by atoms with Crippen molar-refractivity contribution in [3.05, 3.63) is 17.5 Å². The van der Waals surface area contributed by atoms with Crippen molar-refractivity contribution in [3.8, 4) is 0 Å². The highest BCUT2D eigenvalue weighted by Gasteiger charge is 2.31. The number of likely N-dealkylation sites (tertiary alicyclic amines) is 1. The second-order valence-corrected chi connectivity index (χ2v) is 8.09. The molecule has 3 fully saturated rings. The smallest absolute Gasteiger partial charge is 0.273 e. The highest BCUT2D eigenvalue weighted by molar-refractivity contribution is 5.92. The van der Waals surface area contributed by atoms with Crippen LogP contribution < -0.4 is 5.32 Å². The van der Waals surface area contributed by atoms with Gasteiger partial charge in [0.25, 0.3) is 5.91 Å². The van der Waals surface area contributed by atoms with Gasteiger partial charge < -0.3 is 14.7 Å². The van der Waals surface area contributed by atoms with Crippen LogP contribution in [-0.2, 0) is 0 Å². The monoisotopic (exact) mass is 331 g/mol. The van der Waals surface area contributed by atoms with Crippen molar-refractivity contribution in [1.29, 1.82) is 0 Å². The van der Waals surface area contributed by atoms with Gasteiger partial charge in [-0.15, -0.1) is 0 Å². The summed E-state index contributed by atoms with van der Waals surface area (Å²) in [5, 5.41) is 7.10. The third kappa shape index (κ3) is 3.66. The predicted octanol–water partition coefficient (Wildman–Crippen LogP) is 3.32. The molecule has 0 spiro atoms. The molecule has 24 heavy (non-hydrogen) atoms. The maximum Gasteiger partial charge on any atom is 0.273 e. The molecule has 132 valence electrons. The summed E-state index contributed by atoms with van der Waals surface area (Å²) in [4.78, 5) is 15.0. The van der Waals surface area contributed by atoms with Gasteiger partial charge in [-0.05, 0) is 70.4 Å². The number of hydrogen-bond acceptors (Lipinski definition) is 4. The van der Waals surface area contributed by atoms with Gasteiger partial charge in [0.2, 0.25) is 0 Å². The van der Waals surface area contributed by atoms with Crippen LogP contribution in [0.2, 0.25) is 0 Å². The number of carbonyl (C=O) groups excluding carboxylic acids is 1. The summed E-state index contributed by atoms with van der Waals surface area (Å²) in [5.74, 6) is 2.20. The minimum absolute atomic E-state index is 0.0686. The molecule has 2 heterocycles. The highest BCUT2D eigenvalue weighted by atomic mass is 16.5. The fourth-order valence-electron chi connectivity index (χ4n) is 4.19. The van der Waals surface area contributed by atoms with Gasteiger partial charge in [0.05, 0.1) is 0 Å². The topological polar surface area (TPSA) is 58.4 Å². The molecule has 0 aromatic carbocycles. The summed E-state index contributed by atoms with van der Waals surface area (Å²) in [7, 11) is 0. The molecule has 5 heteroatoms. The van der Waals surface area contributed by atoms with Crippen LogP contribution in [-0.4, -0.2) is 41.1 Å². The molecular weight excluding hydrogens is 302 g/mol. The number of nitrogens with one attached hydrogen (secondary N) is 1. The van der Waals surface area contributed by atoms with E-state index in [0.29, 0.717) is 17.7 Å². The lowest BCUT2D eigenvalue weighted by Crippen LogP contribution is -2.46. The Morgan fingerprint density at radius 3 is 2.50 bits per heavy atom. The number of amides is 1. The van der Waals surface area contributed by atoms with Crippen molar-refractivity contribution in [3.63, 3.8) is 0 Å². The van der Waals surface area contributed by atoms with Crippen molar-refractivity contribution >= 4 is 5.91 Å². The SMILES string of the molecule is CC1CCN(C2CCC(NC(=O)c3cc(C4CC4)on3)CC2)CC1. The minimum atomic E-state index is -0.0686. The zero-order valence-corrected chi connectivity index (χ0v) is 14.7. The van der Waals surface area contributed by atoms with E-state index in [1.165, 1.54) is 38.8 Å². The van der Waals surface area contributed by atoms with E-state index < -0.39 is 0 Å². The second-order valence-electron chi connectivity index (χ2n) is 8.09. The third-order valence-electron chi connectivity index (χ3n) is 6.11. The first kappa shape index (κ1) is 16.1. The van der Waals surface area contributed by atoms with Gasteiger partial charge in [-0.2, -0.15) is 0 Å². The number of hydrogen-bond donors (Lipinski definition) is 1. The summed E-state index contributed by atoms with van der Waals surface area (Å²) in [6, 6.07) is 2.84. The molecule has 1 amide bonds. The molecule has 5 nitrogen and oxygen atoms in total. The Labute approximate surface area is 144 Å². The summed E-state index contributed by atoms with van der Waals surface area (Å²) in [6.07, 6.45) is 9.56. The lowest BCUT2D eigenvalue weighted by atomic mass is 9.88. The van der Waals surface area contributed by atoms with Crippen LogP contribution in [0.15, 0.2) is 10.6 Å². The molecule has 0 bridgehead atoms. The van der Waals surface area contributed by atoms with Crippen molar-refractivity contribution in [2.75, 3.05) is 13.1 Å². The van der Waals surface area contributed by atoms with Crippen molar-refractivity contribution in [1.82, 2.24) is 15.4 Å². The molecule has 1 aromatic rings. The number of piperidine rings is 1. The molecule has 0 atom stereocenters. The molecule has 1 N–H and O–H groups in total. The molecule has 0 radical (unpaired) electrons. The first-order valence-electron chi connectivity index (χ1n) is 9.70. The average Bonchev–Trinajstić information content (AvgIpc) is 3.33. The van der Waals surface area contributed by atoms with Crippen molar-refractivity contribution in [2.24, 2.45) is 5.92 Å². The minimum Gasteiger partial charge on any atom is -0.360 e. The van der Waals surface area contributed by atoms with Crippen LogP contribution in [0.3, 0.4) is 0 Å². The molecule has 4 rings (SSSR count). The number of carbonyl (C=O) groups is 1. The van der Waals surface area contributed by atoms with E-state index in [0.717, 1.165) is 43.4 Å². The Hall–Kier alpha value is -1.36. The Kier molecular flexibility index (Phi) is 4.61. The molecule has 2 saturated carbocycles. The zero-order chi connectivity index (χ0) is 16.5. The van der Waals surface area contributed by atoms with Crippen LogP contribution in [0.4, 0.5) is 0 Å². The molecule has 2 aliphatic carbocycles. The van der Waals surface area contributed by atoms with Gasteiger partial charge in [0, 0.05) is 24.1 Å². The lowest BCUT2D eigenvalue weighted by Gasteiger charge is -2.40. The molecule has 1 aliphatic heterocycles.